The van der Waals surface area contributed by atoms with Crippen LogP contribution in [-0.2, 0) is 15.5 Å². The van der Waals surface area contributed by atoms with Crippen LogP contribution >= 0.6 is 10.7 Å². The maximum atomic E-state index is 10.9. The van der Waals surface area contributed by atoms with Crippen LogP contribution in [0.25, 0.3) is 0 Å². The van der Waals surface area contributed by atoms with Gasteiger partial charge in [0.15, 0.2) is 0 Å². The second kappa shape index (κ2) is 5.19. The Hall–Kier alpha value is -0.540. The summed E-state index contributed by atoms with van der Waals surface area (Å²) in [6.45, 7) is 6.22. The van der Waals surface area contributed by atoms with Crippen LogP contribution in [0.3, 0.4) is 0 Å². The van der Waals surface area contributed by atoms with Crippen LogP contribution in [0.2, 0.25) is 0 Å². The number of aryl methyl sites for hydroxylation is 2. The van der Waals surface area contributed by atoms with E-state index in [1.807, 2.05) is 13.0 Å². The maximum absolute atomic E-state index is 10.9. The molecule has 2 nitrogen and oxygen atoms in total. The molecule has 0 radical (unpaired) electrons. The molecule has 0 saturated carbocycles. The summed E-state index contributed by atoms with van der Waals surface area (Å²) in [7, 11) is 1.81. The third-order valence-corrected chi connectivity index (χ3v) is 3.81. The monoisotopic (exact) mass is 260 g/mol. The topological polar surface area (TPSA) is 34.1 Å². The van der Waals surface area contributed by atoms with Crippen molar-refractivity contribution in [1.82, 2.24) is 0 Å². The number of benzene rings is 1. The Bertz CT molecular complexity index is 464. The fourth-order valence-corrected chi connectivity index (χ4v) is 2.25. The molecule has 90 valence electrons. The molecule has 0 amide bonds. The van der Waals surface area contributed by atoms with E-state index in [4.69, 9.17) is 10.7 Å². The molecule has 4 heteroatoms. The van der Waals surface area contributed by atoms with Crippen LogP contribution in [0.1, 0.15) is 36.5 Å². The lowest BCUT2D eigenvalue weighted by Gasteiger charge is -2.10. The van der Waals surface area contributed by atoms with Gasteiger partial charge in [-0.25, -0.2) is 8.42 Å². The smallest absolute Gasteiger partial charge is 0.212 e. The van der Waals surface area contributed by atoms with E-state index in [1.165, 1.54) is 5.56 Å². The minimum Gasteiger partial charge on any atom is -0.212 e. The Balaban J connectivity index is 2.90. The largest absolute Gasteiger partial charge is 0.232 e. The van der Waals surface area contributed by atoms with E-state index in [0.717, 1.165) is 11.1 Å². The van der Waals surface area contributed by atoms with E-state index < -0.39 is 9.05 Å². The van der Waals surface area contributed by atoms with Gasteiger partial charge >= 0.3 is 0 Å². The number of hydrogen-bond acceptors (Lipinski definition) is 2. The summed E-state index contributed by atoms with van der Waals surface area (Å²) in [6, 6.07) is 6.19. The first-order chi connectivity index (χ1) is 7.29. The second-order valence-electron chi connectivity index (χ2n) is 4.33. The highest BCUT2D eigenvalue weighted by Crippen LogP contribution is 2.19. The summed E-state index contributed by atoms with van der Waals surface area (Å²) in [4.78, 5) is 0. The van der Waals surface area contributed by atoms with E-state index in [2.05, 4.69) is 26.0 Å². The zero-order chi connectivity index (χ0) is 12.3. The Kier molecular flexibility index (Phi) is 4.39. The Morgan fingerprint density at radius 2 is 1.94 bits per heavy atom. The summed E-state index contributed by atoms with van der Waals surface area (Å²) in [5.41, 5.74) is 3.41. The first kappa shape index (κ1) is 13.5. The van der Waals surface area contributed by atoms with Crippen LogP contribution < -0.4 is 0 Å². The molecule has 0 N–H and O–H groups in total. The van der Waals surface area contributed by atoms with Crippen LogP contribution in [0.4, 0.5) is 0 Å². The third kappa shape index (κ3) is 4.14. The lowest BCUT2D eigenvalue weighted by Crippen LogP contribution is -2.03. The number of halogens is 1. The fourth-order valence-electron chi connectivity index (χ4n) is 1.55. The highest BCUT2D eigenvalue weighted by Gasteiger charge is 2.09. The Labute approximate surface area is 102 Å². The molecule has 0 bridgehead atoms. The zero-order valence-electron chi connectivity index (χ0n) is 9.83. The van der Waals surface area contributed by atoms with Crippen molar-refractivity contribution in [2.45, 2.75) is 33.1 Å². The van der Waals surface area contributed by atoms with Crippen molar-refractivity contribution in [2.75, 3.05) is 5.75 Å². The third-order valence-electron chi connectivity index (χ3n) is 2.66. The molecule has 0 atom stereocenters. The average Bonchev–Trinajstić information content (AvgIpc) is 2.14. The molecular formula is C12H17ClO2S. The van der Waals surface area contributed by atoms with Crippen LogP contribution in [-0.4, -0.2) is 14.2 Å². The van der Waals surface area contributed by atoms with Gasteiger partial charge in [0, 0.05) is 10.7 Å². The van der Waals surface area contributed by atoms with Gasteiger partial charge < -0.3 is 0 Å². The molecule has 0 heterocycles. The van der Waals surface area contributed by atoms with Gasteiger partial charge in [-0.2, -0.15) is 0 Å². The van der Waals surface area contributed by atoms with Crippen molar-refractivity contribution < 1.29 is 8.42 Å². The molecular weight excluding hydrogens is 244 g/mol. The van der Waals surface area contributed by atoms with Crippen molar-refractivity contribution >= 4 is 19.7 Å². The van der Waals surface area contributed by atoms with Crippen LogP contribution in [0, 0.1) is 6.92 Å². The molecule has 0 aliphatic heterocycles. The van der Waals surface area contributed by atoms with Gasteiger partial charge in [-0.15, -0.1) is 0 Å². The van der Waals surface area contributed by atoms with Gasteiger partial charge in [-0.1, -0.05) is 32.0 Å². The van der Waals surface area contributed by atoms with Gasteiger partial charge in [-0.05, 0) is 36.0 Å². The average molecular weight is 261 g/mol. The molecule has 0 aliphatic rings. The molecule has 1 aromatic rings. The molecule has 0 fully saturated rings. The van der Waals surface area contributed by atoms with E-state index in [1.54, 1.807) is 0 Å². The van der Waals surface area contributed by atoms with Gasteiger partial charge in [-0.3, -0.25) is 0 Å². The highest BCUT2D eigenvalue weighted by molar-refractivity contribution is 8.13. The van der Waals surface area contributed by atoms with E-state index in [9.17, 15) is 8.42 Å². The highest BCUT2D eigenvalue weighted by atomic mass is 35.7. The Morgan fingerprint density at radius 1 is 1.31 bits per heavy atom. The van der Waals surface area contributed by atoms with E-state index in [-0.39, 0.29) is 5.75 Å². The number of hydrogen-bond donors (Lipinski definition) is 0. The number of rotatable bonds is 4. The van der Waals surface area contributed by atoms with Crippen LogP contribution in [0.15, 0.2) is 18.2 Å². The molecule has 0 aliphatic carbocycles. The molecule has 0 aromatic heterocycles. The summed E-state index contributed by atoms with van der Waals surface area (Å²) >= 11 is 0. The molecule has 1 rings (SSSR count). The van der Waals surface area contributed by atoms with E-state index >= 15 is 0 Å². The first-order valence-corrected chi connectivity index (χ1v) is 7.79. The zero-order valence-corrected chi connectivity index (χ0v) is 11.4. The van der Waals surface area contributed by atoms with Crippen LogP contribution in [0.5, 0.6) is 0 Å². The normalized spacial score (nSPS) is 12.1. The SMILES string of the molecule is Cc1ccc(C(C)C)cc1CCS(=O)(=O)Cl. The Morgan fingerprint density at radius 3 is 2.44 bits per heavy atom. The van der Waals surface area contributed by atoms with Gasteiger partial charge in [0.25, 0.3) is 0 Å². The van der Waals surface area contributed by atoms with Gasteiger partial charge in [0.05, 0.1) is 5.75 Å². The predicted octanol–water partition coefficient (Wildman–Crippen LogP) is 3.23. The quantitative estimate of drug-likeness (QED) is 0.779. The minimum atomic E-state index is -3.40. The van der Waals surface area contributed by atoms with Crippen molar-refractivity contribution in [3.8, 4) is 0 Å². The molecule has 16 heavy (non-hydrogen) atoms. The summed E-state index contributed by atoms with van der Waals surface area (Å²) in [6.07, 6.45) is 0.484. The molecule has 1 aromatic carbocycles. The van der Waals surface area contributed by atoms with Crippen molar-refractivity contribution in [3.05, 3.63) is 34.9 Å². The summed E-state index contributed by atoms with van der Waals surface area (Å²) in [5.74, 6) is 0.448. The van der Waals surface area contributed by atoms with Crippen molar-refractivity contribution in [1.29, 1.82) is 0 Å². The van der Waals surface area contributed by atoms with Gasteiger partial charge in [0.1, 0.15) is 0 Å². The predicted molar refractivity (Wildman–Crippen MR) is 68.6 cm³/mol. The lowest BCUT2D eigenvalue weighted by molar-refractivity contribution is 0.609. The standard InChI is InChI=1S/C12H17ClO2S/c1-9(2)11-5-4-10(3)12(8-11)6-7-16(13,14)15/h4-5,8-9H,6-7H2,1-3H3. The van der Waals surface area contributed by atoms with Gasteiger partial charge in [0.2, 0.25) is 9.05 Å². The van der Waals surface area contributed by atoms with Crippen molar-refractivity contribution in [2.24, 2.45) is 0 Å². The maximum Gasteiger partial charge on any atom is 0.232 e. The fraction of sp³-hybridized carbons (Fsp3) is 0.500. The minimum absolute atomic E-state index is 0.00303. The molecule has 0 saturated heterocycles. The molecule has 0 unspecified atom stereocenters. The second-order valence-corrected chi connectivity index (χ2v) is 7.23. The van der Waals surface area contributed by atoms with Crippen molar-refractivity contribution in [3.63, 3.8) is 0 Å². The van der Waals surface area contributed by atoms with E-state index in [0.29, 0.717) is 12.3 Å². The lowest BCUT2D eigenvalue weighted by atomic mass is 9.97. The summed E-state index contributed by atoms with van der Waals surface area (Å²) in [5, 5.41) is 0. The summed E-state index contributed by atoms with van der Waals surface area (Å²) < 4.78 is 21.8. The first-order valence-electron chi connectivity index (χ1n) is 5.31. The molecule has 0 spiro atoms.